The molecule has 1 saturated heterocycles. The first kappa shape index (κ1) is 23.7. The summed E-state index contributed by atoms with van der Waals surface area (Å²) in [6, 6.07) is 11.6. The van der Waals surface area contributed by atoms with Crippen LogP contribution in [0.25, 0.3) is 0 Å². The van der Waals surface area contributed by atoms with E-state index in [1.807, 2.05) is 30.3 Å². The number of carboxylic acid groups (broad SMARTS) is 1. The van der Waals surface area contributed by atoms with E-state index in [0.29, 0.717) is 31.3 Å². The van der Waals surface area contributed by atoms with Crippen LogP contribution in [0.1, 0.15) is 63.4 Å². The van der Waals surface area contributed by atoms with Gasteiger partial charge in [-0.3, -0.25) is 9.59 Å². The first-order valence-corrected chi connectivity index (χ1v) is 12.2. The van der Waals surface area contributed by atoms with Crippen LogP contribution >= 0.6 is 0 Å². The van der Waals surface area contributed by atoms with E-state index in [9.17, 15) is 14.7 Å². The Labute approximate surface area is 195 Å². The number of nitrogens with one attached hydrogen (secondary N) is 1. The van der Waals surface area contributed by atoms with E-state index in [4.69, 9.17) is 10.4 Å². The second-order valence-corrected chi connectivity index (χ2v) is 10.6. The second kappa shape index (κ2) is 9.82. The number of aliphatic hydroxyl groups is 1. The number of aliphatic carboxylic acids is 1. The third-order valence-electron chi connectivity index (χ3n) is 7.84. The molecule has 1 aromatic carbocycles. The van der Waals surface area contributed by atoms with E-state index in [2.05, 4.69) is 11.4 Å². The molecule has 5 aliphatic rings. The fourth-order valence-electron chi connectivity index (χ4n) is 6.88. The minimum absolute atomic E-state index is 0.0453. The number of rotatable bonds is 6. The van der Waals surface area contributed by atoms with Gasteiger partial charge in [0, 0.05) is 18.5 Å². The third-order valence-corrected chi connectivity index (χ3v) is 7.84. The van der Waals surface area contributed by atoms with Crippen molar-refractivity contribution in [3.05, 3.63) is 35.9 Å². The molecule has 4 bridgehead atoms. The standard InChI is InChI=1S/C17H25N3O2.C9H10O2/c18-9-14-2-1-3-20(14)15(21)10-19-16-5-12-4-13(6-16)8-17(22,7-12)11-16;10-9(11)7-6-8-4-2-1-3-5-8/h12-14,19,22H,1-8,10-11H2;1-5H,6-7H2,(H,10,11)/t12?,13?,14-,16?,17?;/m0./s1. The molecule has 4 aliphatic carbocycles. The van der Waals surface area contributed by atoms with E-state index in [0.717, 1.165) is 50.5 Å². The Kier molecular flexibility index (Phi) is 7.06. The van der Waals surface area contributed by atoms with Gasteiger partial charge in [0.25, 0.3) is 0 Å². The third kappa shape index (κ3) is 5.74. The zero-order valence-corrected chi connectivity index (χ0v) is 19.2. The maximum Gasteiger partial charge on any atom is 0.303 e. The SMILES string of the molecule is N#C[C@@H]1CCCN1C(=O)CNC12CC3CC(CC(O)(C3)C1)C2.O=C(O)CCc1ccccc1. The predicted molar refractivity (Wildman–Crippen MR) is 123 cm³/mol. The second-order valence-electron chi connectivity index (χ2n) is 10.6. The fourth-order valence-corrected chi connectivity index (χ4v) is 6.88. The smallest absolute Gasteiger partial charge is 0.303 e. The number of hydrogen-bond donors (Lipinski definition) is 3. The van der Waals surface area contributed by atoms with Crippen LogP contribution < -0.4 is 5.32 Å². The number of likely N-dealkylation sites (tertiary alicyclic amines) is 1. The summed E-state index contributed by atoms with van der Waals surface area (Å²) in [6.07, 6.45) is 8.70. The highest BCUT2D eigenvalue weighted by molar-refractivity contribution is 5.79. The van der Waals surface area contributed by atoms with Crippen LogP contribution in [0.4, 0.5) is 0 Å². The van der Waals surface area contributed by atoms with Crippen LogP contribution in [0.15, 0.2) is 30.3 Å². The number of carboxylic acids is 1. The lowest BCUT2D eigenvalue weighted by atomic mass is 9.51. The number of amides is 1. The van der Waals surface area contributed by atoms with E-state index in [-0.39, 0.29) is 23.9 Å². The molecule has 5 fully saturated rings. The molecule has 178 valence electrons. The summed E-state index contributed by atoms with van der Waals surface area (Å²) in [7, 11) is 0. The highest BCUT2D eigenvalue weighted by Gasteiger charge is 2.57. The molecule has 3 N–H and O–H groups in total. The van der Waals surface area contributed by atoms with Crippen molar-refractivity contribution < 1.29 is 19.8 Å². The van der Waals surface area contributed by atoms with Gasteiger partial charge in [-0.2, -0.15) is 5.26 Å². The van der Waals surface area contributed by atoms with E-state index in [1.165, 1.54) is 6.42 Å². The zero-order valence-electron chi connectivity index (χ0n) is 19.2. The monoisotopic (exact) mass is 453 g/mol. The number of nitriles is 1. The van der Waals surface area contributed by atoms with E-state index < -0.39 is 11.6 Å². The Morgan fingerprint density at radius 3 is 2.45 bits per heavy atom. The van der Waals surface area contributed by atoms with Crippen LogP contribution in [0.3, 0.4) is 0 Å². The fraction of sp³-hybridized carbons (Fsp3) is 0.654. The average molecular weight is 454 g/mol. The van der Waals surface area contributed by atoms with Crippen molar-refractivity contribution in [2.45, 2.75) is 81.4 Å². The van der Waals surface area contributed by atoms with Gasteiger partial charge in [-0.1, -0.05) is 30.3 Å². The molecule has 7 nitrogen and oxygen atoms in total. The van der Waals surface area contributed by atoms with Gasteiger partial charge in [-0.25, -0.2) is 0 Å². The molecule has 0 spiro atoms. The highest BCUT2D eigenvalue weighted by Crippen LogP contribution is 2.57. The first-order valence-electron chi connectivity index (χ1n) is 12.2. The Bertz CT molecular complexity index is 883. The van der Waals surface area contributed by atoms with Crippen molar-refractivity contribution >= 4 is 11.9 Å². The molecule has 2 unspecified atom stereocenters. The summed E-state index contributed by atoms with van der Waals surface area (Å²) in [6.45, 7) is 1.02. The van der Waals surface area contributed by atoms with Gasteiger partial charge < -0.3 is 20.4 Å². The van der Waals surface area contributed by atoms with Crippen LogP contribution in [0, 0.1) is 23.2 Å². The lowest BCUT2D eigenvalue weighted by Crippen LogP contribution is -2.65. The van der Waals surface area contributed by atoms with Crippen LogP contribution in [0.5, 0.6) is 0 Å². The normalized spacial score (nSPS) is 33.8. The number of nitrogens with zero attached hydrogens (tertiary/aromatic N) is 2. The minimum atomic E-state index is -0.742. The van der Waals surface area contributed by atoms with E-state index >= 15 is 0 Å². The summed E-state index contributed by atoms with van der Waals surface area (Å²) in [5, 5.41) is 31.8. The molecule has 4 saturated carbocycles. The molecule has 1 aromatic rings. The highest BCUT2D eigenvalue weighted by atomic mass is 16.4. The first-order chi connectivity index (χ1) is 15.8. The Morgan fingerprint density at radius 1 is 1.15 bits per heavy atom. The molecule has 3 atom stereocenters. The molecule has 1 aliphatic heterocycles. The van der Waals surface area contributed by atoms with Crippen molar-refractivity contribution in [2.24, 2.45) is 11.8 Å². The summed E-state index contributed by atoms with van der Waals surface area (Å²) >= 11 is 0. The summed E-state index contributed by atoms with van der Waals surface area (Å²) in [5.41, 5.74) is 0.536. The molecule has 0 radical (unpaired) electrons. The molecular weight excluding hydrogens is 418 g/mol. The van der Waals surface area contributed by atoms with E-state index in [1.54, 1.807) is 4.90 Å². The molecule has 0 aromatic heterocycles. The number of carbonyl (C=O) groups excluding carboxylic acids is 1. The molecule has 1 heterocycles. The number of carbonyl (C=O) groups is 2. The van der Waals surface area contributed by atoms with Crippen molar-refractivity contribution in [2.75, 3.05) is 13.1 Å². The topological polar surface area (TPSA) is 114 Å². The number of hydrogen-bond acceptors (Lipinski definition) is 5. The maximum atomic E-state index is 12.4. The number of benzene rings is 1. The quantitative estimate of drug-likeness (QED) is 0.610. The van der Waals surface area contributed by atoms with Gasteiger partial charge >= 0.3 is 5.97 Å². The van der Waals surface area contributed by atoms with Crippen molar-refractivity contribution in [1.82, 2.24) is 10.2 Å². The average Bonchev–Trinajstić information content (AvgIpc) is 3.25. The lowest BCUT2D eigenvalue weighted by molar-refractivity contribution is -0.147. The Morgan fingerprint density at radius 2 is 1.85 bits per heavy atom. The maximum absolute atomic E-state index is 12.4. The molecule has 6 rings (SSSR count). The molecule has 7 heteroatoms. The van der Waals surface area contributed by atoms with Crippen molar-refractivity contribution in [1.29, 1.82) is 5.26 Å². The largest absolute Gasteiger partial charge is 0.481 e. The zero-order chi connectivity index (χ0) is 23.5. The Balaban J connectivity index is 0.000000200. The van der Waals surface area contributed by atoms with Gasteiger partial charge in [0.05, 0.1) is 18.2 Å². The summed E-state index contributed by atoms with van der Waals surface area (Å²) in [4.78, 5) is 24.3. The van der Waals surface area contributed by atoms with Gasteiger partial charge in [0.2, 0.25) is 5.91 Å². The lowest BCUT2D eigenvalue weighted by Gasteiger charge is -2.60. The van der Waals surface area contributed by atoms with Crippen molar-refractivity contribution in [3.63, 3.8) is 0 Å². The summed E-state index contributed by atoms with van der Waals surface area (Å²) < 4.78 is 0. The predicted octanol–water partition coefficient (Wildman–Crippen LogP) is 2.88. The molecular formula is C26H35N3O4. The molecule has 33 heavy (non-hydrogen) atoms. The van der Waals surface area contributed by atoms with Crippen LogP contribution in [-0.4, -0.2) is 57.3 Å². The van der Waals surface area contributed by atoms with Gasteiger partial charge in [0.1, 0.15) is 6.04 Å². The summed E-state index contributed by atoms with van der Waals surface area (Å²) in [5.74, 6) is 0.542. The number of aryl methyl sites for hydroxylation is 1. The minimum Gasteiger partial charge on any atom is -0.481 e. The van der Waals surface area contributed by atoms with Crippen LogP contribution in [0.2, 0.25) is 0 Å². The van der Waals surface area contributed by atoms with Gasteiger partial charge in [-0.15, -0.1) is 0 Å². The Hall–Kier alpha value is -2.43. The van der Waals surface area contributed by atoms with Crippen LogP contribution in [-0.2, 0) is 16.0 Å². The van der Waals surface area contributed by atoms with Crippen molar-refractivity contribution in [3.8, 4) is 6.07 Å². The van der Waals surface area contributed by atoms with Gasteiger partial charge in [-0.05, 0) is 75.2 Å². The molecule has 1 amide bonds. The van der Waals surface area contributed by atoms with Gasteiger partial charge in [0.15, 0.2) is 0 Å².